The number of fused-ring (bicyclic) bond motifs is 1. The molecule has 8 nitrogen and oxygen atoms in total. The number of anilines is 3. The number of nitrogens with one attached hydrogen (secondary N) is 2. The fraction of sp³-hybridized carbons (Fsp3) is 0.148. The summed E-state index contributed by atoms with van der Waals surface area (Å²) in [6.07, 6.45) is 3.41. The van der Waals surface area contributed by atoms with Crippen LogP contribution in [-0.4, -0.2) is 35.2 Å². The number of nitrogens with zero attached hydrogens (tertiary/aromatic N) is 2. The lowest BCUT2D eigenvalue weighted by Crippen LogP contribution is -2.18. The van der Waals surface area contributed by atoms with E-state index in [1.165, 1.54) is 12.4 Å². The molecule has 1 aliphatic heterocycles. The van der Waals surface area contributed by atoms with Crippen LogP contribution in [0.5, 0.6) is 17.2 Å². The molecule has 0 bridgehead atoms. The molecule has 1 unspecified atom stereocenters. The third-order valence-corrected chi connectivity index (χ3v) is 5.46. The molecule has 0 saturated carbocycles. The average molecular weight is 469 g/mol. The summed E-state index contributed by atoms with van der Waals surface area (Å²) in [7, 11) is 0. The maximum atomic E-state index is 12.1. The minimum absolute atomic E-state index is 0.0807. The Hall–Kier alpha value is -4.43. The predicted octanol–water partition coefficient (Wildman–Crippen LogP) is 5.46. The van der Waals surface area contributed by atoms with Crippen molar-refractivity contribution in [2.75, 3.05) is 23.8 Å². The van der Waals surface area contributed by atoms with E-state index in [1.54, 1.807) is 12.1 Å². The van der Waals surface area contributed by atoms with Gasteiger partial charge in [0.15, 0.2) is 0 Å². The molecule has 1 saturated heterocycles. The summed E-state index contributed by atoms with van der Waals surface area (Å²) in [5.41, 5.74) is 2.02. The van der Waals surface area contributed by atoms with E-state index in [1.807, 2.05) is 54.6 Å². The number of amides is 1. The van der Waals surface area contributed by atoms with E-state index in [2.05, 4.69) is 27.2 Å². The van der Waals surface area contributed by atoms with Gasteiger partial charge in [0.1, 0.15) is 35.5 Å². The second-order valence-corrected chi connectivity index (χ2v) is 7.95. The standard InChI is InChI=1S/C27H24N4O4/c1-2-26(32)31-24-14-22-23(15-25(24)35-21-12-13-33-16-21)28-17-29-27(22)30-18-8-10-20(11-9-18)34-19-6-4-3-5-7-19/h2-11,14-15,17,21H,1,12-13,16H2,(H,31,32)(H,28,29,30). The monoisotopic (exact) mass is 468 g/mol. The van der Waals surface area contributed by atoms with E-state index < -0.39 is 0 Å². The normalized spacial score (nSPS) is 14.9. The molecule has 4 aromatic rings. The summed E-state index contributed by atoms with van der Waals surface area (Å²) in [6.45, 7) is 4.70. The van der Waals surface area contributed by atoms with Crippen LogP contribution in [0.3, 0.4) is 0 Å². The van der Waals surface area contributed by atoms with Gasteiger partial charge in [0.2, 0.25) is 5.91 Å². The van der Waals surface area contributed by atoms with Crippen molar-refractivity contribution >= 4 is 34.0 Å². The Morgan fingerprint density at radius 3 is 2.60 bits per heavy atom. The Morgan fingerprint density at radius 2 is 1.86 bits per heavy atom. The maximum absolute atomic E-state index is 12.1. The van der Waals surface area contributed by atoms with Crippen LogP contribution in [0.25, 0.3) is 10.9 Å². The van der Waals surface area contributed by atoms with Gasteiger partial charge >= 0.3 is 0 Å². The van der Waals surface area contributed by atoms with Crippen molar-refractivity contribution in [1.82, 2.24) is 9.97 Å². The fourth-order valence-electron chi connectivity index (χ4n) is 3.72. The first kappa shape index (κ1) is 22.4. The van der Waals surface area contributed by atoms with E-state index in [0.29, 0.717) is 36.0 Å². The molecule has 3 aromatic carbocycles. The van der Waals surface area contributed by atoms with Gasteiger partial charge in [-0.3, -0.25) is 4.79 Å². The van der Waals surface area contributed by atoms with Gasteiger partial charge in [-0.25, -0.2) is 9.97 Å². The number of ether oxygens (including phenoxy) is 3. The SMILES string of the molecule is C=CC(=O)Nc1cc2c(Nc3ccc(Oc4ccccc4)cc3)ncnc2cc1OC1CCOC1. The fourth-order valence-corrected chi connectivity index (χ4v) is 3.72. The summed E-state index contributed by atoms with van der Waals surface area (Å²) in [5, 5.41) is 6.88. The van der Waals surface area contributed by atoms with Crippen molar-refractivity contribution in [1.29, 1.82) is 0 Å². The van der Waals surface area contributed by atoms with Crippen LogP contribution in [0, 0.1) is 0 Å². The van der Waals surface area contributed by atoms with Crippen LogP contribution < -0.4 is 20.1 Å². The number of carbonyl (C=O) groups excluding carboxylic acids is 1. The number of hydrogen-bond donors (Lipinski definition) is 2. The first-order valence-corrected chi connectivity index (χ1v) is 11.2. The number of carbonyl (C=O) groups is 1. The van der Waals surface area contributed by atoms with Gasteiger partial charge in [-0.05, 0) is 48.5 Å². The van der Waals surface area contributed by atoms with Gasteiger partial charge < -0.3 is 24.8 Å². The van der Waals surface area contributed by atoms with E-state index >= 15 is 0 Å². The van der Waals surface area contributed by atoms with Gasteiger partial charge in [0.05, 0.1) is 24.4 Å². The number of rotatable bonds is 8. The Morgan fingerprint density at radius 1 is 1.06 bits per heavy atom. The zero-order valence-electron chi connectivity index (χ0n) is 18.9. The second-order valence-electron chi connectivity index (χ2n) is 7.95. The molecule has 1 atom stereocenters. The van der Waals surface area contributed by atoms with Crippen LogP contribution in [0.4, 0.5) is 17.2 Å². The second kappa shape index (κ2) is 10.2. The molecule has 2 heterocycles. The van der Waals surface area contributed by atoms with Crippen LogP contribution >= 0.6 is 0 Å². The molecule has 0 radical (unpaired) electrons. The summed E-state index contributed by atoms with van der Waals surface area (Å²) in [6, 6.07) is 20.8. The highest BCUT2D eigenvalue weighted by molar-refractivity contribution is 6.03. The van der Waals surface area contributed by atoms with Crippen molar-refractivity contribution in [3.05, 3.63) is 85.7 Å². The minimum atomic E-state index is -0.336. The number of aromatic nitrogens is 2. The highest BCUT2D eigenvalue weighted by Crippen LogP contribution is 2.35. The van der Waals surface area contributed by atoms with Gasteiger partial charge in [-0.2, -0.15) is 0 Å². The first-order chi connectivity index (χ1) is 17.2. The van der Waals surface area contributed by atoms with Crippen molar-refractivity contribution in [3.8, 4) is 17.2 Å². The lowest BCUT2D eigenvalue weighted by atomic mass is 10.1. The molecule has 176 valence electrons. The van der Waals surface area contributed by atoms with Gasteiger partial charge in [0.25, 0.3) is 0 Å². The molecule has 2 N–H and O–H groups in total. The topological polar surface area (TPSA) is 94.6 Å². The highest BCUT2D eigenvalue weighted by Gasteiger charge is 2.20. The molecule has 8 heteroatoms. The van der Waals surface area contributed by atoms with Crippen LogP contribution in [-0.2, 0) is 9.53 Å². The Balaban J connectivity index is 1.42. The van der Waals surface area contributed by atoms with Gasteiger partial charge in [0, 0.05) is 23.6 Å². The minimum Gasteiger partial charge on any atom is -0.486 e. The zero-order chi connectivity index (χ0) is 24.0. The van der Waals surface area contributed by atoms with Crippen LogP contribution in [0.2, 0.25) is 0 Å². The largest absolute Gasteiger partial charge is 0.486 e. The maximum Gasteiger partial charge on any atom is 0.247 e. The van der Waals surface area contributed by atoms with Crippen LogP contribution in [0.1, 0.15) is 6.42 Å². The summed E-state index contributed by atoms with van der Waals surface area (Å²) in [4.78, 5) is 20.9. The Kier molecular flexibility index (Phi) is 6.54. The van der Waals surface area contributed by atoms with Crippen LogP contribution in [0.15, 0.2) is 85.7 Å². The van der Waals surface area contributed by atoms with Crippen molar-refractivity contribution in [3.63, 3.8) is 0 Å². The number of benzene rings is 3. The Labute approximate surface area is 202 Å². The van der Waals surface area contributed by atoms with Gasteiger partial charge in [-0.1, -0.05) is 24.8 Å². The smallest absolute Gasteiger partial charge is 0.247 e. The van der Waals surface area contributed by atoms with Crippen molar-refractivity contribution < 1.29 is 19.0 Å². The quantitative estimate of drug-likeness (QED) is 0.332. The molecule has 35 heavy (non-hydrogen) atoms. The molecule has 1 aliphatic rings. The molecule has 1 amide bonds. The van der Waals surface area contributed by atoms with Crippen molar-refractivity contribution in [2.24, 2.45) is 0 Å². The Bertz CT molecular complexity index is 1340. The number of hydrogen-bond acceptors (Lipinski definition) is 7. The predicted molar refractivity (Wildman–Crippen MR) is 134 cm³/mol. The highest BCUT2D eigenvalue weighted by atomic mass is 16.5. The molecular formula is C27H24N4O4. The molecule has 0 spiro atoms. The molecule has 0 aliphatic carbocycles. The molecule has 1 aromatic heterocycles. The van der Waals surface area contributed by atoms with Gasteiger partial charge in [-0.15, -0.1) is 0 Å². The average Bonchev–Trinajstić information content (AvgIpc) is 3.40. The van der Waals surface area contributed by atoms with E-state index in [9.17, 15) is 4.79 Å². The zero-order valence-corrected chi connectivity index (χ0v) is 18.9. The molecule has 1 fully saturated rings. The number of para-hydroxylation sites is 1. The third kappa shape index (κ3) is 5.39. The van der Waals surface area contributed by atoms with E-state index in [0.717, 1.165) is 29.0 Å². The lowest BCUT2D eigenvalue weighted by Gasteiger charge is -2.17. The lowest BCUT2D eigenvalue weighted by molar-refractivity contribution is -0.111. The molecular weight excluding hydrogens is 444 g/mol. The van der Waals surface area contributed by atoms with E-state index in [4.69, 9.17) is 14.2 Å². The summed E-state index contributed by atoms with van der Waals surface area (Å²) < 4.78 is 17.4. The summed E-state index contributed by atoms with van der Waals surface area (Å²) in [5.74, 6) is 2.27. The first-order valence-electron chi connectivity index (χ1n) is 11.2. The third-order valence-electron chi connectivity index (χ3n) is 5.46. The molecule has 5 rings (SSSR count). The van der Waals surface area contributed by atoms with Crippen molar-refractivity contribution in [2.45, 2.75) is 12.5 Å². The van der Waals surface area contributed by atoms with E-state index in [-0.39, 0.29) is 12.0 Å². The summed E-state index contributed by atoms with van der Waals surface area (Å²) >= 11 is 0.